The average molecular weight is 246 g/mol. The summed E-state index contributed by atoms with van der Waals surface area (Å²) in [5.74, 6) is -0.349. The van der Waals surface area contributed by atoms with E-state index in [2.05, 4.69) is 0 Å². The molecule has 2 N–H and O–H groups in total. The summed E-state index contributed by atoms with van der Waals surface area (Å²) in [5.41, 5.74) is 1.79. The van der Waals surface area contributed by atoms with E-state index in [0.717, 1.165) is 0 Å². The molecule has 0 fully saturated rings. The topological polar surface area (TPSA) is 40.5 Å². The van der Waals surface area contributed by atoms with Crippen molar-refractivity contribution in [3.63, 3.8) is 0 Å². The summed E-state index contributed by atoms with van der Waals surface area (Å²) < 4.78 is 13.0. The van der Waals surface area contributed by atoms with Gasteiger partial charge in [-0.3, -0.25) is 0 Å². The van der Waals surface area contributed by atoms with Crippen molar-refractivity contribution in [1.82, 2.24) is 0 Å². The maximum atomic E-state index is 13.0. The minimum Gasteiger partial charge on any atom is -0.385 e. The maximum Gasteiger partial charge on any atom is 0.123 e. The van der Waals surface area contributed by atoms with Gasteiger partial charge in [0, 0.05) is 0 Å². The van der Waals surface area contributed by atoms with E-state index >= 15 is 0 Å². The van der Waals surface area contributed by atoms with Crippen LogP contribution in [0.5, 0.6) is 0 Å². The van der Waals surface area contributed by atoms with Crippen LogP contribution in [-0.2, 0) is 0 Å². The van der Waals surface area contributed by atoms with E-state index in [4.69, 9.17) is 0 Å². The Balaban J connectivity index is 2.28. The first-order chi connectivity index (χ1) is 8.59. The zero-order valence-corrected chi connectivity index (χ0v) is 10.0. The molecule has 18 heavy (non-hydrogen) atoms. The third kappa shape index (κ3) is 2.58. The quantitative estimate of drug-likeness (QED) is 0.874. The fourth-order valence-corrected chi connectivity index (χ4v) is 1.97. The molecule has 2 aromatic rings. The Morgan fingerprint density at radius 2 is 1.61 bits per heavy atom. The fraction of sp³-hybridized carbons (Fsp3) is 0.200. The van der Waals surface area contributed by atoms with E-state index in [1.165, 1.54) is 18.2 Å². The Hall–Kier alpha value is -1.71. The van der Waals surface area contributed by atoms with Crippen molar-refractivity contribution in [3.05, 3.63) is 71.0 Å². The maximum absolute atomic E-state index is 13.0. The average Bonchev–Trinajstić information content (AvgIpc) is 2.38. The Labute approximate surface area is 105 Å². The van der Waals surface area contributed by atoms with Gasteiger partial charge in [-0.1, -0.05) is 36.4 Å². The van der Waals surface area contributed by atoms with Crippen molar-refractivity contribution in [2.75, 3.05) is 0 Å². The highest BCUT2D eigenvalue weighted by atomic mass is 19.1. The Morgan fingerprint density at radius 1 is 0.944 bits per heavy atom. The van der Waals surface area contributed by atoms with Gasteiger partial charge in [0.1, 0.15) is 18.0 Å². The van der Waals surface area contributed by atoms with E-state index in [9.17, 15) is 14.6 Å². The summed E-state index contributed by atoms with van der Waals surface area (Å²) in [7, 11) is 0. The molecule has 0 saturated heterocycles. The summed E-state index contributed by atoms with van der Waals surface area (Å²) >= 11 is 0. The van der Waals surface area contributed by atoms with Crippen molar-refractivity contribution in [2.24, 2.45) is 0 Å². The lowest BCUT2D eigenvalue weighted by atomic mass is 9.95. The molecule has 0 heterocycles. The largest absolute Gasteiger partial charge is 0.385 e. The fourth-order valence-electron chi connectivity index (χ4n) is 1.97. The van der Waals surface area contributed by atoms with Crippen LogP contribution >= 0.6 is 0 Å². The van der Waals surface area contributed by atoms with Gasteiger partial charge >= 0.3 is 0 Å². The number of benzene rings is 2. The molecule has 2 unspecified atom stereocenters. The number of aliphatic hydroxyl groups excluding tert-OH is 2. The summed E-state index contributed by atoms with van der Waals surface area (Å²) in [6.07, 6.45) is -2.08. The molecule has 0 bridgehead atoms. The molecule has 0 radical (unpaired) electrons. The van der Waals surface area contributed by atoms with Crippen LogP contribution in [0.15, 0.2) is 48.5 Å². The van der Waals surface area contributed by atoms with Gasteiger partial charge in [-0.05, 0) is 35.7 Å². The van der Waals surface area contributed by atoms with Crippen LogP contribution in [0.4, 0.5) is 4.39 Å². The second-order valence-electron chi connectivity index (χ2n) is 4.30. The molecular weight excluding hydrogens is 231 g/mol. The highest BCUT2D eigenvalue weighted by Crippen LogP contribution is 2.30. The molecule has 2 rings (SSSR count). The number of halogens is 1. The number of aliphatic hydroxyl groups is 2. The molecule has 2 atom stereocenters. The number of hydrogen-bond donors (Lipinski definition) is 2. The van der Waals surface area contributed by atoms with Crippen LogP contribution in [0.2, 0.25) is 0 Å². The predicted molar refractivity (Wildman–Crippen MR) is 67.5 cm³/mol. The standard InChI is InChI=1S/C15H15FO2/c1-10-9-12(16)7-8-13(10)15(18)14(17)11-5-3-2-4-6-11/h2-9,14-15,17-18H,1H3. The number of rotatable bonds is 3. The SMILES string of the molecule is Cc1cc(F)ccc1C(O)C(O)c1ccccc1. The molecule has 2 nitrogen and oxygen atoms in total. The lowest BCUT2D eigenvalue weighted by Crippen LogP contribution is -2.11. The minimum absolute atomic E-state index is 0.349. The third-order valence-electron chi connectivity index (χ3n) is 2.99. The summed E-state index contributed by atoms with van der Waals surface area (Å²) in [6.45, 7) is 1.71. The predicted octanol–water partition coefficient (Wildman–Crippen LogP) is 2.90. The molecule has 94 valence electrons. The van der Waals surface area contributed by atoms with Crippen LogP contribution in [0.1, 0.15) is 28.9 Å². The van der Waals surface area contributed by atoms with Crippen molar-refractivity contribution in [1.29, 1.82) is 0 Å². The highest BCUT2D eigenvalue weighted by Gasteiger charge is 2.21. The van der Waals surface area contributed by atoms with Gasteiger partial charge in [-0.25, -0.2) is 4.39 Å². The lowest BCUT2D eigenvalue weighted by Gasteiger charge is -2.20. The van der Waals surface area contributed by atoms with E-state index < -0.39 is 12.2 Å². The monoisotopic (exact) mass is 246 g/mol. The second kappa shape index (κ2) is 5.29. The smallest absolute Gasteiger partial charge is 0.123 e. The van der Waals surface area contributed by atoms with E-state index in [0.29, 0.717) is 16.7 Å². The molecule has 2 aromatic carbocycles. The summed E-state index contributed by atoms with van der Waals surface area (Å²) in [6, 6.07) is 13.0. The van der Waals surface area contributed by atoms with Crippen molar-refractivity contribution >= 4 is 0 Å². The Morgan fingerprint density at radius 3 is 2.22 bits per heavy atom. The highest BCUT2D eigenvalue weighted by molar-refractivity contribution is 5.31. The molecular formula is C15H15FO2. The van der Waals surface area contributed by atoms with Crippen molar-refractivity contribution in [3.8, 4) is 0 Å². The van der Waals surface area contributed by atoms with Gasteiger partial charge in [0.2, 0.25) is 0 Å². The molecule has 0 amide bonds. The zero-order valence-electron chi connectivity index (χ0n) is 10.0. The van der Waals surface area contributed by atoms with Gasteiger partial charge < -0.3 is 10.2 Å². The Bertz CT molecular complexity index is 525. The van der Waals surface area contributed by atoms with Crippen LogP contribution in [0, 0.1) is 12.7 Å². The van der Waals surface area contributed by atoms with E-state index in [1.54, 1.807) is 31.2 Å². The van der Waals surface area contributed by atoms with Crippen LogP contribution in [-0.4, -0.2) is 10.2 Å². The molecule has 0 aromatic heterocycles. The van der Waals surface area contributed by atoms with Gasteiger partial charge in [-0.2, -0.15) is 0 Å². The van der Waals surface area contributed by atoms with Gasteiger partial charge in [-0.15, -0.1) is 0 Å². The first-order valence-electron chi connectivity index (χ1n) is 5.76. The Kier molecular flexibility index (Phi) is 3.75. The minimum atomic E-state index is -1.06. The number of aryl methyl sites for hydroxylation is 1. The number of hydrogen-bond acceptors (Lipinski definition) is 2. The zero-order chi connectivity index (χ0) is 13.1. The van der Waals surface area contributed by atoms with Gasteiger partial charge in [0.15, 0.2) is 0 Å². The van der Waals surface area contributed by atoms with Gasteiger partial charge in [0.25, 0.3) is 0 Å². The van der Waals surface area contributed by atoms with Crippen molar-refractivity contribution in [2.45, 2.75) is 19.1 Å². The first kappa shape index (κ1) is 12.7. The second-order valence-corrected chi connectivity index (χ2v) is 4.30. The van der Waals surface area contributed by atoms with Gasteiger partial charge in [0.05, 0.1) is 0 Å². The molecule has 0 aliphatic rings. The van der Waals surface area contributed by atoms with E-state index in [-0.39, 0.29) is 5.82 Å². The summed E-state index contributed by atoms with van der Waals surface area (Å²) in [4.78, 5) is 0. The van der Waals surface area contributed by atoms with Crippen LogP contribution in [0.3, 0.4) is 0 Å². The molecule has 0 saturated carbocycles. The normalized spacial score (nSPS) is 14.2. The van der Waals surface area contributed by atoms with Crippen LogP contribution in [0.25, 0.3) is 0 Å². The first-order valence-corrected chi connectivity index (χ1v) is 5.76. The third-order valence-corrected chi connectivity index (χ3v) is 2.99. The molecule has 3 heteroatoms. The van der Waals surface area contributed by atoms with Crippen molar-refractivity contribution < 1.29 is 14.6 Å². The lowest BCUT2D eigenvalue weighted by molar-refractivity contribution is 0.0168. The van der Waals surface area contributed by atoms with E-state index in [1.807, 2.05) is 6.07 Å². The molecule has 0 aliphatic heterocycles. The molecule has 0 aliphatic carbocycles. The summed E-state index contributed by atoms with van der Waals surface area (Å²) in [5, 5.41) is 20.2. The molecule has 0 spiro atoms. The van der Waals surface area contributed by atoms with Crippen LogP contribution < -0.4 is 0 Å².